The Kier molecular flexibility index (Phi) is 5.22. The number of fused-ring (bicyclic) bond motifs is 1. The van der Waals surface area contributed by atoms with Crippen LogP contribution in [-0.2, 0) is 12.1 Å². The van der Waals surface area contributed by atoms with Gasteiger partial charge in [0.1, 0.15) is 22.5 Å². The number of nitrogens with zero attached hydrogens (tertiary/aromatic N) is 2. The second-order valence-corrected chi connectivity index (χ2v) is 9.12. The van der Waals surface area contributed by atoms with Gasteiger partial charge in [0.2, 0.25) is 0 Å². The van der Waals surface area contributed by atoms with Gasteiger partial charge in [-0.15, -0.1) is 11.3 Å². The van der Waals surface area contributed by atoms with Crippen LogP contribution >= 0.6 is 11.3 Å². The number of aromatic nitrogens is 1. The molecule has 0 saturated carbocycles. The van der Waals surface area contributed by atoms with E-state index in [2.05, 4.69) is 10.3 Å². The van der Waals surface area contributed by atoms with Crippen molar-refractivity contribution in [3.05, 3.63) is 64.4 Å². The van der Waals surface area contributed by atoms with Gasteiger partial charge in [-0.25, -0.2) is 13.8 Å². The first-order valence-electron chi connectivity index (χ1n) is 9.64. The SMILES string of the molecule is CN1Cc2nc(Nc3sc(-c4c(F)cc(C(C)(C)O)cc4F)cc3C(N)=O)ccc2C1=O. The van der Waals surface area contributed by atoms with E-state index in [1.807, 2.05) is 0 Å². The first-order chi connectivity index (χ1) is 15.0. The summed E-state index contributed by atoms with van der Waals surface area (Å²) in [6, 6.07) is 6.64. The van der Waals surface area contributed by atoms with E-state index >= 15 is 0 Å². The molecule has 4 N–H and O–H groups in total. The fraction of sp³-hybridized carbons (Fsp3) is 0.227. The van der Waals surface area contributed by atoms with Crippen LogP contribution in [0.3, 0.4) is 0 Å². The molecule has 0 unspecified atom stereocenters. The number of halogens is 2. The molecule has 3 heterocycles. The number of primary amides is 1. The zero-order valence-corrected chi connectivity index (χ0v) is 18.3. The number of nitrogens with one attached hydrogen (secondary N) is 1. The molecule has 2 amide bonds. The van der Waals surface area contributed by atoms with Gasteiger partial charge in [0, 0.05) is 11.9 Å². The van der Waals surface area contributed by atoms with Crippen molar-refractivity contribution in [2.75, 3.05) is 12.4 Å². The molecule has 0 atom stereocenters. The first kappa shape index (κ1) is 21.8. The molecule has 2 aromatic heterocycles. The Morgan fingerprint density at radius 2 is 1.91 bits per heavy atom. The van der Waals surface area contributed by atoms with Crippen LogP contribution in [0.2, 0.25) is 0 Å². The molecular formula is C22H20F2N4O3S. The van der Waals surface area contributed by atoms with Gasteiger partial charge in [-0.3, -0.25) is 9.59 Å². The van der Waals surface area contributed by atoms with Crippen LogP contribution in [0.25, 0.3) is 10.4 Å². The van der Waals surface area contributed by atoms with Crippen LogP contribution in [0.15, 0.2) is 30.3 Å². The summed E-state index contributed by atoms with van der Waals surface area (Å²) >= 11 is 0.940. The molecule has 0 spiro atoms. The zero-order chi connectivity index (χ0) is 23.4. The van der Waals surface area contributed by atoms with Gasteiger partial charge in [0.25, 0.3) is 11.8 Å². The predicted molar refractivity (Wildman–Crippen MR) is 117 cm³/mol. The Morgan fingerprint density at radius 3 is 2.50 bits per heavy atom. The van der Waals surface area contributed by atoms with Crippen LogP contribution in [-0.4, -0.2) is 33.9 Å². The molecule has 0 saturated heterocycles. The number of hydrogen-bond acceptors (Lipinski definition) is 6. The Labute approximate surface area is 186 Å². The monoisotopic (exact) mass is 458 g/mol. The van der Waals surface area contributed by atoms with Gasteiger partial charge in [0.15, 0.2) is 0 Å². The summed E-state index contributed by atoms with van der Waals surface area (Å²) in [5.41, 5.74) is 4.94. The van der Waals surface area contributed by atoms with Crippen LogP contribution in [0.5, 0.6) is 0 Å². The smallest absolute Gasteiger partial charge is 0.255 e. The topological polar surface area (TPSA) is 109 Å². The molecule has 3 aromatic rings. The second-order valence-electron chi connectivity index (χ2n) is 8.07. The molecule has 0 fully saturated rings. The van der Waals surface area contributed by atoms with Crippen molar-refractivity contribution in [2.45, 2.75) is 26.0 Å². The molecule has 0 aliphatic carbocycles. The minimum absolute atomic E-state index is 0.0471. The Bertz CT molecular complexity index is 1240. The van der Waals surface area contributed by atoms with E-state index in [1.165, 1.54) is 24.8 Å². The van der Waals surface area contributed by atoms with Gasteiger partial charge in [-0.2, -0.15) is 0 Å². The summed E-state index contributed by atoms with van der Waals surface area (Å²) in [6.07, 6.45) is 0. The molecule has 32 heavy (non-hydrogen) atoms. The standard InChI is InChI=1S/C22H20F2N4O3S/c1-22(2,31)10-6-13(23)18(14(24)7-10)16-8-12(19(25)29)20(32-16)27-17-5-4-11-15(26-17)9-28(3)21(11)30/h4-8,31H,9H2,1-3H3,(H2,25,29)(H,26,27). The average Bonchev–Trinajstić information content (AvgIpc) is 3.21. The minimum Gasteiger partial charge on any atom is -0.386 e. The Hall–Kier alpha value is -3.37. The molecule has 1 aromatic carbocycles. The van der Waals surface area contributed by atoms with Crippen LogP contribution < -0.4 is 11.1 Å². The number of rotatable bonds is 5. The number of carbonyl (C=O) groups excluding carboxylic acids is 2. The number of benzene rings is 1. The highest BCUT2D eigenvalue weighted by Crippen LogP contribution is 2.40. The molecule has 1 aliphatic rings. The lowest BCUT2D eigenvalue weighted by Crippen LogP contribution is -2.17. The van der Waals surface area contributed by atoms with Crippen molar-refractivity contribution in [1.29, 1.82) is 0 Å². The molecule has 10 heteroatoms. The van der Waals surface area contributed by atoms with Crippen molar-refractivity contribution in [3.8, 4) is 10.4 Å². The number of hydrogen-bond donors (Lipinski definition) is 3. The number of amides is 2. The van der Waals surface area contributed by atoms with E-state index < -0.39 is 23.1 Å². The maximum Gasteiger partial charge on any atom is 0.255 e. The Balaban J connectivity index is 1.73. The third-order valence-corrected chi connectivity index (χ3v) is 6.24. The molecular weight excluding hydrogens is 438 g/mol. The molecule has 166 valence electrons. The maximum absolute atomic E-state index is 14.8. The van der Waals surface area contributed by atoms with Crippen molar-refractivity contribution in [2.24, 2.45) is 5.73 Å². The van der Waals surface area contributed by atoms with Crippen LogP contribution in [0.4, 0.5) is 19.6 Å². The number of carbonyl (C=O) groups is 2. The highest BCUT2D eigenvalue weighted by molar-refractivity contribution is 7.20. The average molecular weight is 458 g/mol. The lowest BCUT2D eigenvalue weighted by atomic mass is 9.96. The summed E-state index contributed by atoms with van der Waals surface area (Å²) in [5, 5.41) is 13.3. The van der Waals surface area contributed by atoms with Gasteiger partial charge >= 0.3 is 0 Å². The van der Waals surface area contributed by atoms with E-state index in [-0.39, 0.29) is 32.5 Å². The fourth-order valence-electron chi connectivity index (χ4n) is 3.46. The van der Waals surface area contributed by atoms with Crippen molar-refractivity contribution >= 4 is 34.0 Å². The van der Waals surface area contributed by atoms with E-state index in [9.17, 15) is 23.5 Å². The normalized spacial score (nSPS) is 13.4. The van der Waals surface area contributed by atoms with Crippen molar-refractivity contribution in [1.82, 2.24) is 9.88 Å². The van der Waals surface area contributed by atoms with Crippen LogP contribution in [0.1, 0.15) is 45.8 Å². The summed E-state index contributed by atoms with van der Waals surface area (Å²) in [6.45, 7) is 3.20. The van der Waals surface area contributed by atoms with Crippen molar-refractivity contribution < 1.29 is 23.5 Å². The third kappa shape index (κ3) is 3.82. The fourth-order valence-corrected chi connectivity index (χ4v) is 4.58. The van der Waals surface area contributed by atoms with Crippen LogP contribution in [0, 0.1) is 11.6 Å². The highest BCUT2D eigenvalue weighted by Gasteiger charge is 2.27. The van der Waals surface area contributed by atoms with Crippen molar-refractivity contribution in [3.63, 3.8) is 0 Å². The first-order valence-corrected chi connectivity index (χ1v) is 10.5. The maximum atomic E-state index is 14.8. The predicted octanol–water partition coefficient (Wildman–Crippen LogP) is 3.74. The van der Waals surface area contributed by atoms with E-state index in [4.69, 9.17) is 5.73 Å². The Morgan fingerprint density at radius 1 is 1.25 bits per heavy atom. The van der Waals surface area contributed by atoms with E-state index in [0.717, 1.165) is 23.5 Å². The highest BCUT2D eigenvalue weighted by atomic mass is 32.1. The van der Waals surface area contributed by atoms with Gasteiger partial charge < -0.3 is 21.1 Å². The number of thiophene rings is 1. The van der Waals surface area contributed by atoms with Gasteiger partial charge in [-0.05, 0) is 49.7 Å². The molecule has 4 rings (SSSR count). The van der Waals surface area contributed by atoms with Gasteiger partial charge in [0.05, 0.1) is 34.5 Å². The quantitative estimate of drug-likeness (QED) is 0.540. The molecule has 0 bridgehead atoms. The zero-order valence-electron chi connectivity index (χ0n) is 17.5. The number of nitrogens with two attached hydrogens (primary N) is 1. The molecule has 1 aliphatic heterocycles. The number of anilines is 2. The third-order valence-electron chi connectivity index (χ3n) is 5.17. The molecule has 7 nitrogen and oxygen atoms in total. The summed E-state index contributed by atoms with van der Waals surface area (Å²) in [4.78, 5) is 30.1. The summed E-state index contributed by atoms with van der Waals surface area (Å²) < 4.78 is 29.6. The van der Waals surface area contributed by atoms with E-state index in [1.54, 1.807) is 19.2 Å². The minimum atomic E-state index is -1.42. The number of pyridine rings is 1. The summed E-state index contributed by atoms with van der Waals surface area (Å²) in [5.74, 6) is -2.29. The summed E-state index contributed by atoms with van der Waals surface area (Å²) in [7, 11) is 1.67. The van der Waals surface area contributed by atoms with E-state index in [0.29, 0.717) is 23.6 Å². The van der Waals surface area contributed by atoms with Gasteiger partial charge in [-0.1, -0.05) is 0 Å². The molecule has 0 radical (unpaired) electrons. The second kappa shape index (κ2) is 7.64. The largest absolute Gasteiger partial charge is 0.386 e. The number of aliphatic hydroxyl groups is 1. The lowest BCUT2D eigenvalue weighted by molar-refractivity contribution is 0.0778. The lowest BCUT2D eigenvalue weighted by Gasteiger charge is -2.18.